The molecular weight excluding hydrogens is 283 g/mol. The number of hydrogen-bond acceptors (Lipinski definition) is 3. The van der Waals surface area contributed by atoms with E-state index in [1.807, 2.05) is 13.1 Å². The number of nitrogens with zero attached hydrogens (tertiary/aromatic N) is 1. The van der Waals surface area contributed by atoms with Crippen LogP contribution in [0.5, 0.6) is 0 Å². The average molecular weight is 304 g/mol. The molecule has 1 atom stereocenters. The lowest BCUT2D eigenvalue weighted by molar-refractivity contribution is 0.605. The van der Waals surface area contributed by atoms with Crippen molar-refractivity contribution in [2.75, 3.05) is 11.9 Å². The number of nitrogens with one attached hydrogen (secondary N) is 1. The molecular formula is C17H21FN2S. The van der Waals surface area contributed by atoms with E-state index in [9.17, 15) is 4.39 Å². The van der Waals surface area contributed by atoms with Crippen molar-refractivity contribution >= 4 is 17.0 Å². The van der Waals surface area contributed by atoms with Gasteiger partial charge in [0.15, 0.2) is 0 Å². The van der Waals surface area contributed by atoms with Gasteiger partial charge in [0.25, 0.3) is 0 Å². The molecule has 2 aromatic rings. The Balaban J connectivity index is 1.95. The van der Waals surface area contributed by atoms with Crippen LogP contribution in [0.4, 0.5) is 10.1 Å². The third kappa shape index (κ3) is 3.27. The molecule has 0 bridgehead atoms. The van der Waals surface area contributed by atoms with Crippen molar-refractivity contribution in [2.45, 2.75) is 38.4 Å². The standard InChI is InChI=1S/C17H21FN2S/c1-12(19-2)16-10-13(18)5-8-17(16)20(14-6-7-14)11-15-4-3-9-21-15/h3-5,8-10,12,14,19H,6-7,11H2,1-2H3. The molecule has 1 aromatic carbocycles. The summed E-state index contributed by atoms with van der Waals surface area (Å²) in [5, 5.41) is 5.34. The largest absolute Gasteiger partial charge is 0.363 e. The fourth-order valence-electron chi connectivity index (χ4n) is 2.66. The highest BCUT2D eigenvalue weighted by Gasteiger charge is 2.31. The van der Waals surface area contributed by atoms with Crippen molar-refractivity contribution in [3.05, 3.63) is 52.0 Å². The van der Waals surface area contributed by atoms with E-state index >= 15 is 0 Å². The molecule has 1 fully saturated rings. The maximum Gasteiger partial charge on any atom is 0.123 e. The molecule has 0 radical (unpaired) electrons. The Labute approximate surface area is 129 Å². The Hall–Kier alpha value is -1.39. The molecule has 2 nitrogen and oxygen atoms in total. The molecule has 1 heterocycles. The number of benzene rings is 1. The average Bonchev–Trinajstić information content (AvgIpc) is 3.21. The minimum atomic E-state index is -0.164. The first kappa shape index (κ1) is 14.5. The van der Waals surface area contributed by atoms with Crippen molar-refractivity contribution in [2.24, 2.45) is 0 Å². The van der Waals surface area contributed by atoms with Crippen molar-refractivity contribution in [3.63, 3.8) is 0 Å². The maximum absolute atomic E-state index is 13.7. The predicted molar refractivity (Wildman–Crippen MR) is 87.4 cm³/mol. The Bertz CT molecular complexity index is 593. The van der Waals surface area contributed by atoms with E-state index in [1.165, 1.54) is 17.7 Å². The van der Waals surface area contributed by atoms with Gasteiger partial charge in [-0.3, -0.25) is 0 Å². The van der Waals surface area contributed by atoms with Crippen LogP contribution >= 0.6 is 11.3 Å². The number of halogens is 1. The maximum atomic E-state index is 13.7. The highest BCUT2D eigenvalue weighted by atomic mass is 32.1. The summed E-state index contributed by atoms with van der Waals surface area (Å²) in [6, 6.07) is 10.2. The summed E-state index contributed by atoms with van der Waals surface area (Å²) >= 11 is 1.78. The lowest BCUT2D eigenvalue weighted by Gasteiger charge is -2.28. The van der Waals surface area contributed by atoms with Crippen LogP contribution in [-0.4, -0.2) is 13.1 Å². The minimum Gasteiger partial charge on any atom is -0.363 e. The molecule has 1 aliphatic rings. The highest BCUT2D eigenvalue weighted by molar-refractivity contribution is 7.09. The zero-order valence-corrected chi connectivity index (χ0v) is 13.3. The second-order valence-corrected chi connectivity index (χ2v) is 6.68. The smallest absolute Gasteiger partial charge is 0.123 e. The van der Waals surface area contributed by atoms with Gasteiger partial charge in [0.1, 0.15) is 5.82 Å². The summed E-state index contributed by atoms with van der Waals surface area (Å²) < 4.78 is 13.7. The number of anilines is 1. The number of rotatable bonds is 6. The highest BCUT2D eigenvalue weighted by Crippen LogP contribution is 2.37. The van der Waals surface area contributed by atoms with Crippen molar-refractivity contribution < 1.29 is 4.39 Å². The molecule has 0 saturated heterocycles. The molecule has 0 aliphatic heterocycles. The molecule has 0 amide bonds. The molecule has 1 saturated carbocycles. The minimum absolute atomic E-state index is 0.139. The quantitative estimate of drug-likeness (QED) is 0.854. The van der Waals surface area contributed by atoms with Crippen LogP contribution in [0.25, 0.3) is 0 Å². The first-order valence-corrected chi connectivity index (χ1v) is 8.32. The van der Waals surface area contributed by atoms with Gasteiger partial charge in [0.05, 0.1) is 6.54 Å². The van der Waals surface area contributed by atoms with Crippen LogP contribution in [0.15, 0.2) is 35.7 Å². The Morgan fingerprint density at radius 2 is 2.19 bits per heavy atom. The summed E-state index contributed by atoms with van der Waals surface area (Å²) in [6.07, 6.45) is 2.46. The first-order chi connectivity index (χ1) is 10.2. The molecule has 3 rings (SSSR count). The van der Waals surface area contributed by atoms with Crippen LogP contribution < -0.4 is 10.2 Å². The molecule has 1 N–H and O–H groups in total. The third-order valence-corrected chi connectivity index (χ3v) is 4.95. The molecule has 1 aliphatic carbocycles. The molecule has 1 unspecified atom stereocenters. The Morgan fingerprint density at radius 1 is 1.38 bits per heavy atom. The van der Waals surface area contributed by atoms with Gasteiger partial charge in [-0.1, -0.05) is 6.07 Å². The van der Waals surface area contributed by atoms with E-state index in [4.69, 9.17) is 0 Å². The summed E-state index contributed by atoms with van der Waals surface area (Å²) in [4.78, 5) is 3.79. The van der Waals surface area contributed by atoms with E-state index in [-0.39, 0.29) is 11.9 Å². The van der Waals surface area contributed by atoms with Gasteiger partial charge in [-0.15, -0.1) is 11.3 Å². The van der Waals surface area contributed by atoms with E-state index in [1.54, 1.807) is 23.5 Å². The van der Waals surface area contributed by atoms with E-state index in [0.29, 0.717) is 6.04 Å². The number of hydrogen-bond donors (Lipinski definition) is 1. The lowest BCUT2D eigenvalue weighted by Crippen LogP contribution is -2.27. The second kappa shape index (κ2) is 6.16. The normalized spacial score (nSPS) is 16.0. The van der Waals surface area contributed by atoms with E-state index in [0.717, 1.165) is 17.8 Å². The van der Waals surface area contributed by atoms with Crippen LogP contribution in [-0.2, 0) is 6.54 Å². The van der Waals surface area contributed by atoms with Gasteiger partial charge in [-0.05, 0) is 62.0 Å². The van der Waals surface area contributed by atoms with Crippen LogP contribution in [0.2, 0.25) is 0 Å². The van der Waals surface area contributed by atoms with Gasteiger partial charge in [0, 0.05) is 22.6 Å². The van der Waals surface area contributed by atoms with E-state index in [2.05, 4.69) is 34.7 Å². The molecule has 4 heteroatoms. The summed E-state index contributed by atoms with van der Waals surface area (Å²) in [7, 11) is 1.92. The second-order valence-electron chi connectivity index (χ2n) is 5.65. The van der Waals surface area contributed by atoms with Crippen LogP contribution in [0.1, 0.15) is 36.2 Å². The van der Waals surface area contributed by atoms with Crippen LogP contribution in [0, 0.1) is 5.82 Å². The molecule has 1 aromatic heterocycles. The van der Waals surface area contributed by atoms with Crippen molar-refractivity contribution in [1.29, 1.82) is 0 Å². The molecule has 112 valence electrons. The van der Waals surface area contributed by atoms with Crippen molar-refractivity contribution in [3.8, 4) is 0 Å². The fraction of sp³-hybridized carbons (Fsp3) is 0.412. The van der Waals surface area contributed by atoms with E-state index < -0.39 is 0 Å². The van der Waals surface area contributed by atoms with Gasteiger partial charge in [0.2, 0.25) is 0 Å². The lowest BCUT2D eigenvalue weighted by atomic mass is 10.0. The number of thiophene rings is 1. The summed E-state index contributed by atoms with van der Waals surface area (Å²) in [6.45, 7) is 2.99. The Morgan fingerprint density at radius 3 is 2.81 bits per heavy atom. The summed E-state index contributed by atoms with van der Waals surface area (Å²) in [5.74, 6) is -0.164. The molecule has 0 spiro atoms. The van der Waals surface area contributed by atoms with Gasteiger partial charge in [-0.2, -0.15) is 0 Å². The predicted octanol–water partition coefficient (Wildman–Crippen LogP) is 4.34. The van der Waals surface area contributed by atoms with Crippen molar-refractivity contribution in [1.82, 2.24) is 5.32 Å². The fourth-order valence-corrected chi connectivity index (χ4v) is 3.36. The molecule has 21 heavy (non-hydrogen) atoms. The van der Waals surface area contributed by atoms with Gasteiger partial charge in [-0.25, -0.2) is 4.39 Å². The topological polar surface area (TPSA) is 15.3 Å². The van der Waals surface area contributed by atoms with Gasteiger partial charge < -0.3 is 10.2 Å². The zero-order valence-electron chi connectivity index (χ0n) is 12.5. The third-order valence-electron chi connectivity index (χ3n) is 4.09. The zero-order chi connectivity index (χ0) is 14.8. The Kier molecular flexibility index (Phi) is 4.27. The van der Waals surface area contributed by atoms with Gasteiger partial charge >= 0.3 is 0 Å². The summed E-state index contributed by atoms with van der Waals surface area (Å²) in [5.41, 5.74) is 2.20. The van der Waals surface area contributed by atoms with Crippen LogP contribution in [0.3, 0.4) is 0 Å². The monoisotopic (exact) mass is 304 g/mol. The first-order valence-electron chi connectivity index (χ1n) is 7.44. The SMILES string of the molecule is CNC(C)c1cc(F)ccc1N(Cc1cccs1)C1CC1.